The molecule has 3 N–H and O–H groups in total. The minimum atomic E-state index is -0.622. The van der Waals surface area contributed by atoms with Gasteiger partial charge in [-0.05, 0) is 6.07 Å². The molecule has 10 heavy (non-hydrogen) atoms. The molecule has 2 nitrogen and oxygen atoms in total. The Labute approximate surface area is 58.1 Å². The number of aromatic hydroxyl groups is 1. The Kier molecular flexibility index (Phi) is 1.87. The zero-order valence-electron chi connectivity index (χ0n) is 5.34. The molecule has 0 amide bonds. The van der Waals surface area contributed by atoms with Crippen molar-refractivity contribution < 1.29 is 9.50 Å². The first kappa shape index (κ1) is 7.02. The second-order valence-corrected chi connectivity index (χ2v) is 1.95. The van der Waals surface area contributed by atoms with Crippen molar-refractivity contribution in [2.24, 2.45) is 5.73 Å². The van der Waals surface area contributed by atoms with Crippen LogP contribution in [0.2, 0.25) is 0 Å². The fourth-order valence-electron chi connectivity index (χ4n) is 0.725. The third-order valence-corrected chi connectivity index (χ3v) is 1.29. The third-order valence-electron chi connectivity index (χ3n) is 1.29. The van der Waals surface area contributed by atoms with E-state index < -0.39 is 5.82 Å². The molecule has 3 heteroatoms. The normalized spacial score (nSPS) is 9.80. The molecular weight excluding hydrogens is 133 g/mol. The largest absolute Gasteiger partial charge is 0.505 e. The molecule has 0 radical (unpaired) electrons. The molecule has 1 aromatic rings. The molecule has 0 aromatic heterocycles. The minimum Gasteiger partial charge on any atom is -0.505 e. The number of rotatable bonds is 1. The molecule has 0 bridgehead atoms. The maximum absolute atomic E-state index is 12.5. The summed E-state index contributed by atoms with van der Waals surface area (Å²) in [4.78, 5) is 0. The van der Waals surface area contributed by atoms with Crippen LogP contribution in [0.1, 0.15) is 5.56 Å². The average molecular weight is 141 g/mol. The SMILES string of the molecule is NCc1cccc(F)c1O. The molecule has 1 rings (SSSR count). The molecular formula is C7H8FNO. The first-order valence-corrected chi connectivity index (χ1v) is 2.92. The van der Waals surface area contributed by atoms with Gasteiger partial charge in [0, 0.05) is 12.1 Å². The lowest BCUT2D eigenvalue weighted by molar-refractivity contribution is 0.426. The van der Waals surface area contributed by atoms with Gasteiger partial charge in [-0.1, -0.05) is 12.1 Å². The van der Waals surface area contributed by atoms with Crippen LogP contribution in [0, 0.1) is 5.82 Å². The molecule has 0 unspecified atom stereocenters. The van der Waals surface area contributed by atoms with Gasteiger partial charge in [-0.15, -0.1) is 0 Å². The molecule has 0 aliphatic carbocycles. The highest BCUT2D eigenvalue weighted by molar-refractivity contribution is 5.32. The molecule has 0 spiro atoms. The molecule has 54 valence electrons. The van der Waals surface area contributed by atoms with E-state index >= 15 is 0 Å². The first-order valence-electron chi connectivity index (χ1n) is 2.92. The molecule has 0 aliphatic rings. The van der Waals surface area contributed by atoms with Gasteiger partial charge in [0.25, 0.3) is 0 Å². The van der Waals surface area contributed by atoms with E-state index in [1.54, 1.807) is 6.07 Å². The Balaban J connectivity index is 3.14. The van der Waals surface area contributed by atoms with Gasteiger partial charge in [0.15, 0.2) is 11.6 Å². The van der Waals surface area contributed by atoms with Gasteiger partial charge in [-0.2, -0.15) is 0 Å². The van der Waals surface area contributed by atoms with Crippen molar-refractivity contribution in [1.82, 2.24) is 0 Å². The zero-order chi connectivity index (χ0) is 7.56. The van der Waals surface area contributed by atoms with E-state index in [2.05, 4.69) is 0 Å². The van der Waals surface area contributed by atoms with E-state index in [0.717, 1.165) is 0 Å². The first-order chi connectivity index (χ1) is 4.75. The maximum atomic E-state index is 12.5. The highest BCUT2D eigenvalue weighted by Crippen LogP contribution is 2.19. The third kappa shape index (κ3) is 1.09. The zero-order valence-corrected chi connectivity index (χ0v) is 5.34. The number of phenolic OH excluding ortho intramolecular Hbond substituents is 1. The Bertz CT molecular complexity index is 237. The summed E-state index contributed by atoms with van der Waals surface area (Å²) in [6.07, 6.45) is 0. The van der Waals surface area contributed by atoms with Crippen LogP contribution in [0.5, 0.6) is 5.75 Å². The Morgan fingerprint density at radius 3 is 2.70 bits per heavy atom. The van der Waals surface area contributed by atoms with Crippen LogP contribution in [0.15, 0.2) is 18.2 Å². The van der Waals surface area contributed by atoms with E-state index in [1.165, 1.54) is 12.1 Å². The number of hydrogen-bond donors (Lipinski definition) is 2. The van der Waals surface area contributed by atoms with E-state index in [1.807, 2.05) is 0 Å². The average Bonchev–Trinajstić information content (AvgIpc) is 1.95. The lowest BCUT2D eigenvalue weighted by Crippen LogP contribution is -1.97. The van der Waals surface area contributed by atoms with Crippen molar-refractivity contribution in [3.63, 3.8) is 0 Å². The summed E-state index contributed by atoms with van der Waals surface area (Å²) in [7, 11) is 0. The van der Waals surface area contributed by atoms with Gasteiger partial charge in [0.2, 0.25) is 0 Å². The van der Waals surface area contributed by atoms with Crippen molar-refractivity contribution in [3.05, 3.63) is 29.6 Å². The number of phenols is 1. The van der Waals surface area contributed by atoms with Crippen molar-refractivity contribution in [2.75, 3.05) is 0 Å². The highest BCUT2D eigenvalue weighted by atomic mass is 19.1. The maximum Gasteiger partial charge on any atom is 0.165 e. The number of halogens is 1. The predicted molar refractivity (Wildman–Crippen MR) is 36.0 cm³/mol. The summed E-state index contributed by atoms with van der Waals surface area (Å²) in [6.45, 7) is 0.156. The summed E-state index contributed by atoms with van der Waals surface area (Å²) in [5, 5.41) is 8.94. The monoisotopic (exact) mass is 141 g/mol. The van der Waals surface area contributed by atoms with E-state index in [4.69, 9.17) is 10.8 Å². The lowest BCUT2D eigenvalue weighted by atomic mass is 10.2. The fourth-order valence-corrected chi connectivity index (χ4v) is 0.725. The Morgan fingerprint density at radius 2 is 2.20 bits per heavy atom. The van der Waals surface area contributed by atoms with Gasteiger partial charge in [-0.3, -0.25) is 0 Å². The number of nitrogens with two attached hydrogens (primary N) is 1. The summed E-state index contributed by atoms with van der Waals surface area (Å²) in [5.41, 5.74) is 5.62. The van der Waals surface area contributed by atoms with Crippen molar-refractivity contribution in [2.45, 2.75) is 6.54 Å². The Morgan fingerprint density at radius 1 is 1.50 bits per heavy atom. The molecule has 0 atom stereocenters. The summed E-state index contributed by atoms with van der Waals surface area (Å²) in [5.74, 6) is -0.965. The van der Waals surface area contributed by atoms with Crippen LogP contribution in [-0.2, 0) is 6.54 Å². The van der Waals surface area contributed by atoms with Crippen LogP contribution in [-0.4, -0.2) is 5.11 Å². The van der Waals surface area contributed by atoms with Gasteiger partial charge < -0.3 is 10.8 Å². The molecule has 1 aromatic carbocycles. The van der Waals surface area contributed by atoms with E-state index in [0.29, 0.717) is 5.56 Å². The number of hydrogen-bond acceptors (Lipinski definition) is 2. The Hall–Kier alpha value is -1.09. The molecule has 0 saturated carbocycles. The standard InChI is InChI=1S/C7H8FNO/c8-6-3-1-2-5(4-9)7(6)10/h1-3,10H,4,9H2. The smallest absolute Gasteiger partial charge is 0.165 e. The van der Waals surface area contributed by atoms with Gasteiger partial charge in [0.05, 0.1) is 0 Å². The van der Waals surface area contributed by atoms with Gasteiger partial charge >= 0.3 is 0 Å². The topological polar surface area (TPSA) is 46.2 Å². The van der Waals surface area contributed by atoms with Crippen LogP contribution < -0.4 is 5.73 Å². The second-order valence-electron chi connectivity index (χ2n) is 1.95. The van der Waals surface area contributed by atoms with Crippen molar-refractivity contribution >= 4 is 0 Å². The highest BCUT2D eigenvalue weighted by Gasteiger charge is 2.02. The van der Waals surface area contributed by atoms with Crippen LogP contribution in [0.3, 0.4) is 0 Å². The molecule has 0 saturated heterocycles. The number of para-hydroxylation sites is 1. The van der Waals surface area contributed by atoms with E-state index in [9.17, 15) is 4.39 Å². The van der Waals surface area contributed by atoms with Crippen molar-refractivity contribution in [3.8, 4) is 5.75 Å². The summed E-state index contributed by atoms with van der Waals surface area (Å²) in [6, 6.07) is 4.28. The van der Waals surface area contributed by atoms with E-state index in [-0.39, 0.29) is 12.3 Å². The molecule has 0 aliphatic heterocycles. The molecule has 0 fully saturated rings. The van der Waals surface area contributed by atoms with Crippen LogP contribution in [0.25, 0.3) is 0 Å². The second kappa shape index (κ2) is 2.66. The van der Waals surface area contributed by atoms with Crippen LogP contribution >= 0.6 is 0 Å². The predicted octanol–water partition coefficient (Wildman–Crippen LogP) is 0.990. The van der Waals surface area contributed by atoms with Crippen molar-refractivity contribution in [1.29, 1.82) is 0 Å². The van der Waals surface area contributed by atoms with Crippen LogP contribution in [0.4, 0.5) is 4.39 Å². The number of benzene rings is 1. The summed E-state index contributed by atoms with van der Waals surface area (Å²) >= 11 is 0. The molecule has 0 heterocycles. The van der Waals surface area contributed by atoms with Gasteiger partial charge in [0.1, 0.15) is 0 Å². The quantitative estimate of drug-likeness (QED) is 0.612. The fraction of sp³-hybridized carbons (Fsp3) is 0.143. The summed E-state index contributed by atoms with van der Waals surface area (Å²) < 4.78 is 12.5. The minimum absolute atomic E-state index is 0.156. The lowest BCUT2D eigenvalue weighted by Gasteiger charge is -1.99. The van der Waals surface area contributed by atoms with Gasteiger partial charge in [-0.25, -0.2) is 4.39 Å².